The second-order valence-corrected chi connectivity index (χ2v) is 9.52. The van der Waals surface area contributed by atoms with E-state index in [1.165, 1.54) is 38.5 Å². The molecule has 1 atom stereocenters. The van der Waals surface area contributed by atoms with Gasteiger partial charge in [0.05, 0.1) is 5.75 Å². The predicted molar refractivity (Wildman–Crippen MR) is 96.0 cm³/mol. The Morgan fingerprint density at radius 1 is 1.26 bits per heavy atom. The average molecular weight is 399 g/mol. The molecule has 148 valence electrons. The van der Waals surface area contributed by atoms with Gasteiger partial charge in [0, 0.05) is 12.2 Å². The number of amides is 1. The lowest BCUT2D eigenvalue weighted by molar-refractivity contribution is -0.141. The molecule has 0 saturated heterocycles. The van der Waals surface area contributed by atoms with Crippen LogP contribution < -0.4 is 5.32 Å². The third kappa shape index (κ3) is 3.96. The van der Waals surface area contributed by atoms with Gasteiger partial charge in [-0.3, -0.25) is 4.79 Å². The monoisotopic (exact) mass is 399 g/mol. The van der Waals surface area contributed by atoms with Crippen molar-refractivity contribution >= 4 is 17.7 Å². The van der Waals surface area contributed by atoms with Crippen LogP contribution in [0.1, 0.15) is 51.1 Å². The first kappa shape index (κ1) is 19.0. The molecule has 4 aliphatic rings. The molecule has 1 amide bonds. The van der Waals surface area contributed by atoms with Crippen LogP contribution in [-0.4, -0.2) is 27.7 Å². The van der Waals surface area contributed by atoms with Crippen molar-refractivity contribution in [3.63, 3.8) is 0 Å². The molecule has 5 rings (SSSR count). The fraction of sp³-hybridized carbons (Fsp3) is 0.737. The maximum absolute atomic E-state index is 12.7. The normalized spacial score (nSPS) is 33.1. The highest BCUT2D eigenvalue weighted by molar-refractivity contribution is 7.99. The van der Waals surface area contributed by atoms with Crippen LogP contribution in [0.15, 0.2) is 17.4 Å². The molecular formula is C19H24F3N3OS. The van der Waals surface area contributed by atoms with Crippen molar-refractivity contribution in [2.75, 3.05) is 5.75 Å². The first-order valence-corrected chi connectivity index (χ1v) is 10.5. The zero-order valence-electron chi connectivity index (χ0n) is 15.3. The zero-order valence-corrected chi connectivity index (χ0v) is 16.1. The number of hydrogen-bond donors (Lipinski definition) is 1. The molecule has 4 bridgehead atoms. The second kappa shape index (κ2) is 6.94. The highest BCUT2D eigenvalue weighted by atomic mass is 32.2. The summed E-state index contributed by atoms with van der Waals surface area (Å²) in [7, 11) is 0. The first-order valence-electron chi connectivity index (χ1n) is 9.56. The van der Waals surface area contributed by atoms with Gasteiger partial charge in [-0.2, -0.15) is 13.2 Å². The number of aromatic nitrogens is 2. The van der Waals surface area contributed by atoms with Gasteiger partial charge >= 0.3 is 6.18 Å². The van der Waals surface area contributed by atoms with Crippen LogP contribution in [0.3, 0.4) is 0 Å². The summed E-state index contributed by atoms with van der Waals surface area (Å²) in [6.07, 6.45) is 4.22. The van der Waals surface area contributed by atoms with Crippen molar-refractivity contribution in [3.05, 3.63) is 18.0 Å². The standard InChI is InChI=1S/C19H24F3N3OS/c1-11(18-7-12-4-13(8-18)6-14(5-12)9-18)24-16(26)10-27-17-23-3-2-15(25-17)19(20,21)22/h2-3,11-14H,4-10H2,1H3,(H,24,26)/t11-,12?,13?,14?,18?/m0/s1. The summed E-state index contributed by atoms with van der Waals surface area (Å²) in [5.74, 6) is 2.29. The van der Waals surface area contributed by atoms with Gasteiger partial charge in [-0.1, -0.05) is 11.8 Å². The lowest BCUT2D eigenvalue weighted by Crippen LogP contribution is -2.56. The number of alkyl halides is 3. The smallest absolute Gasteiger partial charge is 0.352 e. The third-order valence-corrected chi connectivity index (χ3v) is 7.50. The van der Waals surface area contributed by atoms with E-state index in [1.54, 1.807) is 0 Å². The summed E-state index contributed by atoms with van der Waals surface area (Å²) < 4.78 is 38.2. The molecule has 1 aromatic rings. The number of nitrogens with zero attached hydrogens (tertiary/aromatic N) is 2. The van der Waals surface area contributed by atoms with Gasteiger partial charge in [0.1, 0.15) is 5.69 Å². The minimum Gasteiger partial charge on any atom is -0.352 e. The molecule has 8 heteroatoms. The first-order chi connectivity index (χ1) is 12.7. The van der Waals surface area contributed by atoms with Crippen molar-refractivity contribution in [3.8, 4) is 0 Å². The van der Waals surface area contributed by atoms with Crippen LogP contribution in [0.5, 0.6) is 0 Å². The van der Waals surface area contributed by atoms with Crippen molar-refractivity contribution in [1.29, 1.82) is 0 Å². The number of nitrogens with one attached hydrogen (secondary N) is 1. The van der Waals surface area contributed by atoms with E-state index in [0.29, 0.717) is 0 Å². The highest BCUT2D eigenvalue weighted by Crippen LogP contribution is 2.61. The molecular weight excluding hydrogens is 375 g/mol. The van der Waals surface area contributed by atoms with Gasteiger partial charge in [-0.05, 0) is 74.7 Å². The Hall–Kier alpha value is -1.31. The molecule has 27 heavy (non-hydrogen) atoms. The van der Waals surface area contributed by atoms with Crippen LogP contribution in [-0.2, 0) is 11.0 Å². The van der Waals surface area contributed by atoms with E-state index < -0.39 is 11.9 Å². The maximum Gasteiger partial charge on any atom is 0.433 e. The number of rotatable bonds is 5. The maximum atomic E-state index is 12.7. The number of carbonyl (C=O) groups is 1. The molecule has 1 N–H and O–H groups in total. The van der Waals surface area contributed by atoms with Crippen LogP contribution >= 0.6 is 11.8 Å². The topological polar surface area (TPSA) is 54.9 Å². The number of thioether (sulfide) groups is 1. The molecule has 0 unspecified atom stereocenters. The van der Waals surface area contributed by atoms with Gasteiger partial charge in [-0.25, -0.2) is 9.97 Å². The summed E-state index contributed by atoms with van der Waals surface area (Å²) in [6.45, 7) is 2.09. The van der Waals surface area contributed by atoms with Gasteiger partial charge in [0.15, 0.2) is 5.16 Å². The van der Waals surface area contributed by atoms with Gasteiger partial charge in [-0.15, -0.1) is 0 Å². The molecule has 1 heterocycles. The summed E-state index contributed by atoms with van der Waals surface area (Å²) >= 11 is 0.944. The molecule has 4 aliphatic carbocycles. The fourth-order valence-electron chi connectivity index (χ4n) is 5.84. The fourth-order valence-corrected chi connectivity index (χ4v) is 6.48. The number of hydrogen-bond acceptors (Lipinski definition) is 4. The average Bonchev–Trinajstić information content (AvgIpc) is 2.58. The van der Waals surface area contributed by atoms with E-state index in [0.717, 1.165) is 41.8 Å². The SMILES string of the molecule is C[C@H](NC(=O)CSc1nccc(C(F)(F)F)n1)C12CC3CC(CC(C3)C1)C2. The van der Waals surface area contributed by atoms with E-state index in [4.69, 9.17) is 0 Å². The lowest BCUT2D eigenvalue weighted by atomic mass is 9.48. The highest BCUT2D eigenvalue weighted by Gasteiger charge is 2.53. The van der Waals surface area contributed by atoms with Crippen molar-refractivity contribution < 1.29 is 18.0 Å². The molecule has 0 radical (unpaired) electrons. The Morgan fingerprint density at radius 2 is 1.85 bits per heavy atom. The van der Waals surface area contributed by atoms with E-state index in [9.17, 15) is 18.0 Å². The van der Waals surface area contributed by atoms with E-state index >= 15 is 0 Å². The minimum atomic E-state index is -4.51. The predicted octanol–water partition coefficient (Wildman–Crippen LogP) is 4.31. The molecule has 0 spiro atoms. The molecule has 1 aromatic heterocycles. The number of halogens is 3. The summed E-state index contributed by atoms with van der Waals surface area (Å²) in [5.41, 5.74) is -0.774. The Labute approximate surface area is 161 Å². The van der Waals surface area contributed by atoms with E-state index in [2.05, 4.69) is 22.2 Å². The summed E-state index contributed by atoms with van der Waals surface area (Å²) in [6, 6.07) is 0.931. The largest absolute Gasteiger partial charge is 0.433 e. The van der Waals surface area contributed by atoms with Crippen molar-refractivity contribution in [2.45, 2.75) is 62.8 Å². The molecule has 0 aromatic carbocycles. The Kier molecular flexibility index (Phi) is 4.89. The van der Waals surface area contributed by atoms with Crippen molar-refractivity contribution in [1.82, 2.24) is 15.3 Å². The minimum absolute atomic E-state index is 0.0255. The van der Waals surface area contributed by atoms with E-state index in [1.807, 2.05) is 0 Å². The lowest BCUT2D eigenvalue weighted by Gasteiger charge is -2.59. The van der Waals surface area contributed by atoms with Crippen LogP contribution in [0, 0.1) is 23.2 Å². The summed E-state index contributed by atoms with van der Waals surface area (Å²) in [5, 5.41) is 3.09. The van der Waals surface area contributed by atoms with Gasteiger partial charge < -0.3 is 5.32 Å². The molecule has 0 aliphatic heterocycles. The van der Waals surface area contributed by atoms with E-state index in [-0.39, 0.29) is 28.3 Å². The second-order valence-electron chi connectivity index (χ2n) is 8.58. The van der Waals surface area contributed by atoms with Crippen molar-refractivity contribution in [2.24, 2.45) is 23.2 Å². The zero-order chi connectivity index (χ0) is 19.2. The quantitative estimate of drug-likeness (QED) is 0.592. The number of carbonyl (C=O) groups excluding carboxylic acids is 1. The molecule has 4 saturated carbocycles. The van der Waals surface area contributed by atoms with Crippen LogP contribution in [0.2, 0.25) is 0 Å². The Bertz CT molecular complexity index is 689. The summed E-state index contributed by atoms with van der Waals surface area (Å²) in [4.78, 5) is 19.7. The third-order valence-electron chi connectivity index (χ3n) is 6.64. The molecule has 4 nitrogen and oxygen atoms in total. The van der Waals surface area contributed by atoms with Crippen LogP contribution in [0.4, 0.5) is 13.2 Å². The van der Waals surface area contributed by atoms with Gasteiger partial charge in [0.25, 0.3) is 0 Å². The van der Waals surface area contributed by atoms with Crippen LogP contribution in [0.25, 0.3) is 0 Å². The Morgan fingerprint density at radius 3 is 2.41 bits per heavy atom. The Balaban J connectivity index is 1.33. The molecule has 4 fully saturated rings. The van der Waals surface area contributed by atoms with Gasteiger partial charge in [0.2, 0.25) is 5.91 Å².